The second-order valence-corrected chi connectivity index (χ2v) is 6.81. The summed E-state index contributed by atoms with van der Waals surface area (Å²) >= 11 is 0. The molecule has 5 nitrogen and oxygen atoms in total. The molecule has 29 heavy (non-hydrogen) atoms. The van der Waals surface area contributed by atoms with Crippen molar-refractivity contribution in [1.82, 2.24) is 0 Å². The number of anilines is 2. The first-order valence-electron chi connectivity index (χ1n) is 9.14. The summed E-state index contributed by atoms with van der Waals surface area (Å²) in [5, 5.41) is 2.68. The van der Waals surface area contributed by atoms with Crippen LogP contribution in [0.1, 0.15) is 39.9 Å². The second kappa shape index (κ2) is 8.38. The Bertz CT molecular complexity index is 980. The Morgan fingerprint density at radius 1 is 1.10 bits per heavy atom. The third-order valence-electron chi connectivity index (χ3n) is 4.67. The number of halogens is 3. The van der Waals surface area contributed by atoms with E-state index in [1.807, 2.05) is 6.07 Å². The van der Waals surface area contributed by atoms with E-state index < -0.39 is 17.6 Å². The molecule has 3 rings (SSSR count). The molecular formula is C21H21F3N4O. The Morgan fingerprint density at radius 3 is 2.48 bits per heavy atom. The number of hydrogen-bond donors (Lipinski definition) is 3. The highest BCUT2D eigenvalue weighted by Gasteiger charge is 2.30. The first kappa shape index (κ1) is 20.4. The van der Waals surface area contributed by atoms with E-state index in [0.29, 0.717) is 11.3 Å². The first-order chi connectivity index (χ1) is 13.7. The molecule has 2 aromatic carbocycles. The molecule has 0 fully saturated rings. The fourth-order valence-electron chi connectivity index (χ4n) is 3.21. The van der Waals surface area contributed by atoms with Gasteiger partial charge in [-0.05, 0) is 73.2 Å². The number of nitrogens with two attached hydrogens (primary N) is 2. The standard InChI is InChI=1S/C21H21F3N4O/c22-21(23,24)15-6-3-7-16(12-15)27-9-8-19(26)28-20(29)17-10-13-4-1-2-5-14(13)11-18(17)25/h3,6-12,27H,1-2,4-5,25H2,(H2,26,28,29)/b9-8-. The van der Waals surface area contributed by atoms with E-state index in [2.05, 4.69) is 10.3 Å². The number of nitrogens with zero attached hydrogens (tertiary/aromatic N) is 1. The van der Waals surface area contributed by atoms with Crippen molar-refractivity contribution in [2.24, 2.45) is 10.7 Å². The monoisotopic (exact) mass is 402 g/mol. The lowest BCUT2D eigenvalue weighted by Gasteiger charge is -2.17. The van der Waals surface area contributed by atoms with Crippen molar-refractivity contribution >= 4 is 23.1 Å². The van der Waals surface area contributed by atoms with Crippen LogP contribution in [0.3, 0.4) is 0 Å². The van der Waals surface area contributed by atoms with Crippen LogP contribution < -0.4 is 16.8 Å². The molecule has 0 aliphatic heterocycles. The van der Waals surface area contributed by atoms with Gasteiger partial charge in [0, 0.05) is 17.6 Å². The molecule has 152 valence electrons. The predicted octanol–water partition coefficient (Wildman–Crippen LogP) is 4.29. The van der Waals surface area contributed by atoms with Crippen molar-refractivity contribution in [3.63, 3.8) is 0 Å². The van der Waals surface area contributed by atoms with Crippen LogP contribution in [0.5, 0.6) is 0 Å². The molecule has 1 amide bonds. The lowest BCUT2D eigenvalue weighted by atomic mass is 9.89. The predicted molar refractivity (Wildman–Crippen MR) is 108 cm³/mol. The molecule has 8 heteroatoms. The highest BCUT2D eigenvalue weighted by molar-refractivity contribution is 6.08. The SMILES string of the molecule is NC(/C=C\Nc1cccc(C(F)(F)F)c1)=NC(=O)c1cc2c(cc1N)CCCC2. The molecule has 0 saturated heterocycles. The topological polar surface area (TPSA) is 93.5 Å². The minimum Gasteiger partial charge on any atom is -0.398 e. The number of alkyl halides is 3. The maximum atomic E-state index is 12.7. The molecule has 0 heterocycles. The Labute approximate surface area is 166 Å². The molecule has 0 radical (unpaired) electrons. The summed E-state index contributed by atoms with van der Waals surface area (Å²) in [6.07, 6.45) is 2.21. The van der Waals surface area contributed by atoms with Gasteiger partial charge in [-0.2, -0.15) is 18.2 Å². The van der Waals surface area contributed by atoms with E-state index in [4.69, 9.17) is 11.5 Å². The minimum atomic E-state index is -4.43. The van der Waals surface area contributed by atoms with Crippen LogP contribution in [0.15, 0.2) is 53.7 Å². The number of benzene rings is 2. The zero-order valence-electron chi connectivity index (χ0n) is 15.6. The summed E-state index contributed by atoms with van der Waals surface area (Å²) in [4.78, 5) is 16.2. The van der Waals surface area contributed by atoms with Gasteiger partial charge in [0.25, 0.3) is 5.91 Å². The molecule has 0 atom stereocenters. The molecule has 1 aliphatic carbocycles. The zero-order chi connectivity index (χ0) is 21.0. The molecule has 1 aliphatic rings. The van der Waals surface area contributed by atoms with Crippen molar-refractivity contribution in [1.29, 1.82) is 0 Å². The van der Waals surface area contributed by atoms with Gasteiger partial charge in [-0.1, -0.05) is 6.07 Å². The van der Waals surface area contributed by atoms with E-state index >= 15 is 0 Å². The van der Waals surface area contributed by atoms with Crippen molar-refractivity contribution in [2.45, 2.75) is 31.9 Å². The van der Waals surface area contributed by atoms with Gasteiger partial charge >= 0.3 is 6.18 Å². The normalized spacial score (nSPS) is 14.7. The highest BCUT2D eigenvalue weighted by Crippen LogP contribution is 2.30. The Balaban J connectivity index is 1.69. The molecule has 2 aromatic rings. The van der Waals surface area contributed by atoms with E-state index in [-0.39, 0.29) is 11.5 Å². The highest BCUT2D eigenvalue weighted by atomic mass is 19.4. The van der Waals surface area contributed by atoms with Crippen molar-refractivity contribution in [2.75, 3.05) is 11.1 Å². The van der Waals surface area contributed by atoms with E-state index in [1.165, 1.54) is 24.4 Å². The molecule has 0 spiro atoms. The molecular weight excluding hydrogens is 381 g/mol. The summed E-state index contributed by atoms with van der Waals surface area (Å²) in [6, 6.07) is 8.31. The molecule has 0 saturated carbocycles. The van der Waals surface area contributed by atoms with Gasteiger partial charge in [-0.3, -0.25) is 4.79 Å². The quantitative estimate of drug-likeness (QED) is 0.404. The van der Waals surface area contributed by atoms with Crippen LogP contribution in [0, 0.1) is 0 Å². The van der Waals surface area contributed by atoms with E-state index in [9.17, 15) is 18.0 Å². The summed E-state index contributed by atoms with van der Waals surface area (Å²) in [6.45, 7) is 0. The van der Waals surface area contributed by atoms with Crippen LogP contribution in [-0.4, -0.2) is 11.7 Å². The number of carbonyl (C=O) groups excluding carboxylic acids is 1. The smallest absolute Gasteiger partial charge is 0.398 e. The zero-order valence-corrected chi connectivity index (χ0v) is 15.6. The summed E-state index contributed by atoms with van der Waals surface area (Å²) < 4.78 is 38.2. The Morgan fingerprint density at radius 2 is 1.79 bits per heavy atom. The number of nitrogen functional groups attached to an aromatic ring is 1. The molecule has 0 aromatic heterocycles. The Hall–Kier alpha value is -3.29. The number of rotatable bonds is 4. The third kappa shape index (κ3) is 5.16. The first-order valence-corrected chi connectivity index (χ1v) is 9.14. The largest absolute Gasteiger partial charge is 0.416 e. The summed E-state index contributed by atoms with van der Waals surface area (Å²) in [5.74, 6) is -0.649. The van der Waals surface area contributed by atoms with Gasteiger partial charge in [0.05, 0.1) is 11.1 Å². The number of aliphatic imine (C=N–C) groups is 1. The van der Waals surface area contributed by atoms with Crippen LogP contribution >= 0.6 is 0 Å². The maximum absolute atomic E-state index is 12.7. The molecule has 5 N–H and O–H groups in total. The number of amidine groups is 1. The molecule has 0 unspecified atom stereocenters. The van der Waals surface area contributed by atoms with Crippen molar-refractivity contribution in [3.8, 4) is 0 Å². The molecule has 0 bridgehead atoms. The van der Waals surface area contributed by atoms with Crippen molar-refractivity contribution < 1.29 is 18.0 Å². The van der Waals surface area contributed by atoms with Crippen LogP contribution in [0.2, 0.25) is 0 Å². The van der Waals surface area contributed by atoms with Gasteiger partial charge < -0.3 is 16.8 Å². The number of carbonyl (C=O) groups is 1. The Kier molecular flexibility index (Phi) is 5.91. The third-order valence-corrected chi connectivity index (χ3v) is 4.67. The van der Waals surface area contributed by atoms with Crippen molar-refractivity contribution in [3.05, 3.63) is 70.9 Å². The fraction of sp³-hybridized carbons (Fsp3) is 0.238. The number of aryl methyl sites for hydroxylation is 2. The lowest BCUT2D eigenvalue weighted by molar-refractivity contribution is -0.137. The maximum Gasteiger partial charge on any atom is 0.416 e. The second-order valence-electron chi connectivity index (χ2n) is 6.81. The van der Waals surface area contributed by atoms with Crippen LogP contribution in [0.25, 0.3) is 0 Å². The minimum absolute atomic E-state index is 0.0911. The van der Waals surface area contributed by atoms with Gasteiger partial charge in [0.15, 0.2) is 0 Å². The average molecular weight is 402 g/mol. The van der Waals surface area contributed by atoms with E-state index in [1.54, 1.807) is 6.07 Å². The van der Waals surface area contributed by atoms with Gasteiger partial charge in [-0.15, -0.1) is 0 Å². The van der Waals surface area contributed by atoms with Crippen LogP contribution in [-0.2, 0) is 19.0 Å². The fourth-order valence-corrected chi connectivity index (χ4v) is 3.21. The number of nitrogens with one attached hydrogen (secondary N) is 1. The van der Waals surface area contributed by atoms with E-state index in [0.717, 1.165) is 48.9 Å². The van der Waals surface area contributed by atoms with Gasteiger partial charge in [0.1, 0.15) is 5.84 Å². The number of fused-ring (bicyclic) bond motifs is 1. The van der Waals surface area contributed by atoms with Gasteiger partial charge in [0.2, 0.25) is 0 Å². The lowest BCUT2D eigenvalue weighted by Crippen LogP contribution is -2.14. The summed E-state index contributed by atoms with van der Waals surface area (Å²) in [5.41, 5.74) is 14.1. The summed E-state index contributed by atoms with van der Waals surface area (Å²) in [7, 11) is 0. The average Bonchev–Trinajstić information content (AvgIpc) is 2.67. The number of hydrogen-bond acceptors (Lipinski definition) is 3. The van der Waals surface area contributed by atoms with Crippen LogP contribution in [0.4, 0.5) is 24.5 Å². The number of amides is 1. The van der Waals surface area contributed by atoms with Gasteiger partial charge in [-0.25, -0.2) is 0 Å².